The first kappa shape index (κ1) is 15.2. The van der Waals surface area contributed by atoms with Crippen molar-refractivity contribution in [2.45, 2.75) is 26.4 Å². The van der Waals surface area contributed by atoms with Gasteiger partial charge in [-0.15, -0.1) is 0 Å². The molecule has 1 aromatic carbocycles. The van der Waals surface area contributed by atoms with Crippen molar-refractivity contribution in [1.82, 2.24) is 10.2 Å². The van der Waals surface area contributed by atoms with E-state index in [1.165, 1.54) is 6.07 Å². The van der Waals surface area contributed by atoms with E-state index in [0.29, 0.717) is 13.1 Å². The number of nitrogens with one attached hydrogen (secondary N) is 2. The summed E-state index contributed by atoms with van der Waals surface area (Å²) in [6, 6.07) is 4.57. The molecule has 1 unspecified atom stereocenters. The molecule has 1 fully saturated rings. The summed E-state index contributed by atoms with van der Waals surface area (Å²) in [4.78, 5) is 24.3. The number of carbonyl (C=O) groups is 1. The van der Waals surface area contributed by atoms with E-state index >= 15 is 0 Å². The smallest absolute Gasteiger partial charge is 0.269 e. The van der Waals surface area contributed by atoms with Crippen molar-refractivity contribution in [3.8, 4) is 0 Å². The number of non-ortho nitro benzene ring substituents is 1. The maximum absolute atomic E-state index is 11.7. The van der Waals surface area contributed by atoms with Crippen molar-refractivity contribution < 1.29 is 9.72 Å². The molecule has 7 nitrogen and oxygen atoms in total. The fourth-order valence-corrected chi connectivity index (χ4v) is 2.45. The standard InChI is InChI=1S/C14H20N4O3/c1-3-15-13-5-4-12(18(20)21)8-11(13)9-17-7-6-16-14(19)10(17)2/h4-5,8,10,15H,3,6-7,9H2,1-2H3,(H,16,19). The van der Waals surface area contributed by atoms with Crippen LogP contribution < -0.4 is 10.6 Å². The Labute approximate surface area is 123 Å². The van der Waals surface area contributed by atoms with Gasteiger partial charge in [0.25, 0.3) is 5.69 Å². The minimum absolute atomic E-state index is 0.00307. The quantitative estimate of drug-likeness (QED) is 0.632. The highest BCUT2D eigenvalue weighted by atomic mass is 16.6. The van der Waals surface area contributed by atoms with Crippen LogP contribution in [-0.4, -0.2) is 41.4 Å². The summed E-state index contributed by atoms with van der Waals surface area (Å²) in [6.45, 7) is 6.41. The van der Waals surface area contributed by atoms with Crippen LogP contribution in [0.5, 0.6) is 0 Å². The Morgan fingerprint density at radius 2 is 2.29 bits per heavy atom. The van der Waals surface area contributed by atoms with Gasteiger partial charge in [0.1, 0.15) is 0 Å². The van der Waals surface area contributed by atoms with E-state index in [-0.39, 0.29) is 17.6 Å². The summed E-state index contributed by atoms with van der Waals surface area (Å²) in [5, 5.41) is 17.0. The normalized spacial score (nSPS) is 19.1. The average molecular weight is 292 g/mol. The fraction of sp³-hybridized carbons (Fsp3) is 0.500. The Balaban J connectivity index is 2.25. The lowest BCUT2D eigenvalue weighted by Gasteiger charge is -2.33. The van der Waals surface area contributed by atoms with Gasteiger partial charge in [-0.25, -0.2) is 0 Å². The lowest BCUT2D eigenvalue weighted by Crippen LogP contribution is -2.53. The molecular formula is C14H20N4O3. The molecule has 7 heteroatoms. The van der Waals surface area contributed by atoms with Crippen molar-refractivity contribution in [2.75, 3.05) is 25.0 Å². The van der Waals surface area contributed by atoms with Crippen molar-refractivity contribution in [3.05, 3.63) is 33.9 Å². The number of rotatable bonds is 5. The van der Waals surface area contributed by atoms with Gasteiger partial charge < -0.3 is 10.6 Å². The third kappa shape index (κ3) is 3.49. The van der Waals surface area contributed by atoms with E-state index in [4.69, 9.17) is 0 Å². The number of hydrogen-bond acceptors (Lipinski definition) is 5. The molecule has 2 N–H and O–H groups in total. The molecule has 2 rings (SSSR count). The minimum Gasteiger partial charge on any atom is -0.385 e. The molecular weight excluding hydrogens is 272 g/mol. The minimum atomic E-state index is -0.397. The summed E-state index contributed by atoms with van der Waals surface area (Å²) < 4.78 is 0. The molecule has 1 aromatic rings. The summed E-state index contributed by atoms with van der Waals surface area (Å²) in [7, 11) is 0. The first-order chi connectivity index (χ1) is 10.0. The highest BCUT2D eigenvalue weighted by Crippen LogP contribution is 2.24. The Bertz CT molecular complexity index is 547. The zero-order valence-corrected chi connectivity index (χ0v) is 12.3. The number of nitro groups is 1. The predicted molar refractivity (Wildman–Crippen MR) is 80.1 cm³/mol. The fourth-order valence-electron chi connectivity index (χ4n) is 2.45. The Morgan fingerprint density at radius 1 is 1.52 bits per heavy atom. The van der Waals surface area contributed by atoms with Crippen LogP contribution in [0.4, 0.5) is 11.4 Å². The number of piperazine rings is 1. The van der Waals surface area contributed by atoms with Crippen molar-refractivity contribution >= 4 is 17.3 Å². The number of nitro benzene ring substituents is 1. The van der Waals surface area contributed by atoms with Gasteiger partial charge in [0.05, 0.1) is 11.0 Å². The molecule has 1 saturated heterocycles. The van der Waals surface area contributed by atoms with Crippen LogP contribution in [0.2, 0.25) is 0 Å². The molecule has 0 bridgehead atoms. The van der Waals surface area contributed by atoms with E-state index in [0.717, 1.165) is 24.3 Å². The number of hydrogen-bond donors (Lipinski definition) is 2. The molecule has 0 spiro atoms. The maximum atomic E-state index is 11.7. The zero-order chi connectivity index (χ0) is 15.4. The van der Waals surface area contributed by atoms with Crippen LogP contribution in [0, 0.1) is 10.1 Å². The average Bonchev–Trinajstić information content (AvgIpc) is 2.45. The summed E-state index contributed by atoms with van der Waals surface area (Å²) in [5.41, 5.74) is 1.79. The second-order valence-corrected chi connectivity index (χ2v) is 5.07. The van der Waals surface area contributed by atoms with Crippen LogP contribution in [0.25, 0.3) is 0 Å². The first-order valence-electron chi connectivity index (χ1n) is 7.06. The third-order valence-corrected chi connectivity index (χ3v) is 3.67. The molecule has 21 heavy (non-hydrogen) atoms. The highest BCUT2D eigenvalue weighted by Gasteiger charge is 2.26. The largest absolute Gasteiger partial charge is 0.385 e. The molecule has 114 valence electrons. The SMILES string of the molecule is CCNc1ccc([N+](=O)[O-])cc1CN1CCNC(=O)C1C. The van der Waals surface area contributed by atoms with E-state index in [1.54, 1.807) is 12.1 Å². The van der Waals surface area contributed by atoms with Gasteiger partial charge in [0.2, 0.25) is 5.91 Å². The van der Waals surface area contributed by atoms with Crippen LogP contribution in [0.3, 0.4) is 0 Å². The van der Waals surface area contributed by atoms with Gasteiger partial charge in [-0.05, 0) is 25.5 Å². The Kier molecular flexibility index (Phi) is 4.74. The van der Waals surface area contributed by atoms with Crippen LogP contribution in [-0.2, 0) is 11.3 Å². The van der Waals surface area contributed by atoms with Crippen molar-refractivity contribution in [2.24, 2.45) is 0 Å². The van der Waals surface area contributed by atoms with Gasteiger partial charge in [-0.2, -0.15) is 0 Å². The highest BCUT2D eigenvalue weighted by molar-refractivity contribution is 5.82. The second kappa shape index (κ2) is 6.53. The zero-order valence-electron chi connectivity index (χ0n) is 12.3. The number of benzene rings is 1. The van der Waals surface area contributed by atoms with Crippen LogP contribution in [0.15, 0.2) is 18.2 Å². The second-order valence-electron chi connectivity index (χ2n) is 5.07. The van der Waals surface area contributed by atoms with Gasteiger partial charge in [-0.3, -0.25) is 19.8 Å². The molecule has 1 heterocycles. The third-order valence-electron chi connectivity index (χ3n) is 3.67. The Hall–Kier alpha value is -2.15. The van der Waals surface area contributed by atoms with Gasteiger partial charge >= 0.3 is 0 Å². The molecule has 0 aromatic heterocycles. The summed E-state index contributed by atoms with van der Waals surface area (Å²) in [5.74, 6) is -0.00307. The monoisotopic (exact) mass is 292 g/mol. The topological polar surface area (TPSA) is 87.5 Å². The lowest BCUT2D eigenvalue weighted by atomic mass is 10.1. The van der Waals surface area contributed by atoms with Crippen molar-refractivity contribution in [3.63, 3.8) is 0 Å². The molecule has 1 atom stereocenters. The first-order valence-corrected chi connectivity index (χ1v) is 7.06. The number of amides is 1. The number of carbonyl (C=O) groups excluding carboxylic acids is 1. The van der Waals surface area contributed by atoms with Crippen molar-refractivity contribution in [1.29, 1.82) is 0 Å². The van der Waals surface area contributed by atoms with E-state index in [1.807, 2.05) is 18.7 Å². The van der Waals surface area contributed by atoms with Gasteiger partial charge in [-0.1, -0.05) is 0 Å². The maximum Gasteiger partial charge on any atom is 0.269 e. The Morgan fingerprint density at radius 3 is 2.95 bits per heavy atom. The van der Waals surface area contributed by atoms with E-state index in [9.17, 15) is 14.9 Å². The van der Waals surface area contributed by atoms with E-state index in [2.05, 4.69) is 10.6 Å². The molecule has 1 aliphatic heterocycles. The van der Waals surface area contributed by atoms with E-state index < -0.39 is 4.92 Å². The van der Waals surface area contributed by atoms with Crippen LogP contribution >= 0.6 is 0 Å². The van der Waals surface area contributed by atoms with Gasteiger partial charge in [0.15, 0.2) is 0 Å². The number of nitrogens with zero attached hydrogens (tertiary/aromatic N) is 2. The molecule has 0 radical (unpaired) electrons. The van der Waals surface area contributed by atoms with Gasteiger partial charge in [0, 0.05) is 44.0 Å². The predicted octanol–water partition coefficient (Wildman–Crippen LogP) is 1.35. The summed E-state index contributed by atoms with van der Waals surface area (Å²) >= 11 is 0. The molecule has 0 aliphatic carbocycles. The number of anilines is 1. The van der Waals surface area contributed by atoms with Crippen LogP contribution in [0.1, 0.15) is 19.4 Å². The molecule has 0 saturated carbocycles. The molecule has 1 amide bonds. The molecule has 1 aliphatic rings. The summed E-state index contributed by atoms with van der Waals surface area (Å²) in [6.07, 6.45) is 0. The lowest BCUT2D eigenvalue weighted by molar-refractivity contribution is -0.384.